The molecule has 102 valence electrons. The van der Waals surface area contributed by atoms with Crippen molar-refractivity contribution in [3.8, 4) is 0 Å². The highest BCUT2D eigenvalue weighted by atomic mass is 35.5. The summed E-state index contributed by atoms with van der Waals surface area (Å²) in [6.45, 7) is 4.33. The SMILES string of the molecule is CC(C)c1ccc2nc(NC(=O)CCCCl)sc2c1. The monoisotopic (exact) mass is 296 g/mol. The predicted molar refractivity (Wildman–Crippen MR) is 82.3 cm³/mol. The number of amides is 1. The van der Waals surface area contributed by atoms with Crippen LogP contribution >= 0.6 is 22.9 Å². The van der Waals surface area contributed by atoms with Crippen molar-refractivity contribution in [2.45, 2.75) is 32.6 Å². The van der Waals surface area contributed by atoms with E-state index in [0.29, 0.717) is 29.8 Å². The van der Waals surface area contributed by atoms with Crippen molar-refractivity contribution >= 4 is 44.2 Å². The minimum absolute atomic E-state index is 0.0243. The first-order valence-corrected chi connectivity index (χ1v) is 7.71. The molecule has 5 heteroatoms. The zero-order chi connectivity index (χ0) is 13.8. The lowest BCUT2D eigenvalue weighted by Crippen LogP contribution is -2.10. The normalized spacial score (nSPS) is 11.2. The maximum atomic E-state index is 11.6. The van der Waals surface area contributed by atoms with Gasteiger partial charge in [0.1, 0.15) is 0 Å². The molecule has 2 aromatic rings. The van der Waals surface area contributed by atoms with Gasteiger partial charge in [-0.15, -0.1) is 11.6 Å². The minimum atomic E-state index is -0.0243. The van der Waals surface area contributed by atoms with Gasteiger partial charge < -0.3 is 5.32 Å². The lowest BCUT2D eigenvalue weighted by Gasteiger charge is -2.03. The van der Waals surface area contributed by atoms with Crippen LogP contribution < -0.4 is 5.32 Å². The fourth-order valence-corrected chi connectivity index (χ4v) is 2.83. The molecule has 1 aromatic carbocycles. The summed E-state index contributed by atoms with van der Waals surface area (Å²) in [6, 6.07) is 6.24. The molecule has 0 aliphatic rings. The van der Waals surface area contributed by atoms with Gasteiger partial charge in [-0.25, -0.2) is 4.98 Å². The molecule has 1 aromatic heterocycles. The third kappa shape index (κ3) is 3.67. The molecule has 3 nitrogen and oxygen atoms in total. The van der Waals surface area contributed by atoms with Gasteiger partial charge in [0.2, 0.25) is 5.91 Å². The molecular formula is C14H17ClN2OS. The molecule has 0 aliphatic carbocycles. The second-order valence-corrected chi connectivity index (χ2v) is 6.15. The first-order chi connectivity index (χ1) is 9.10. The zero-order valence-corrected chi connectivity index (χ0v) is 12.6. The highest BCUT2D eigenvalue weighted by Gasteiger charge is 2.09. The van der Waals surface area contributed by atoms with Gasteiger partial charge in [-0.3, -0.25) is 4.79 Å². The molecule has 0 saturated carbocycles. The maximum Gasteiger partial charge on any atom is 0.226 e. The van der Waals surface area contributed by atoms with E-state index in [2.05, 4.69) is 36.3 Å². The Labute approximate surface area is 122 Å². The Kier molecular flexibility index (Phi) is 4.77. The fourth-order valence-electron chi connectivity index (χ4n) is 1.76. The van der Waals surface area contributed by atoms with E-state index in [1.807, 2.05) is 6.07 Å². The van der Waals surface area contributed by atoms with Crippen molar-refractivity contribution in [3.63, 3.8) is 0 Å². The van der Waals surface area contributed by atoms with Gasteiger partial charge in [0, 0.05) is 12.3 Å². The summed E-state index contributed by atoms with van der Waals surface area (Å²) in [5.74, 6) is 0.974. The van der Waals surface area contributed by atoms with E-state index in [9.17, 15) is 4.79 Å². The number of anilines is 1. The highest BCUT2D eigenvalue weighted by Crippen LogP contribution is 2.29. The van der Waals surface area contributed by atoms with Gasteiger partial charge in [0.05, 0.1) is 10.2 Å². The number of thiazole rings is 1. The first kappa shape index (κ1) is 14.3. The average molecular weight is 297 g/mol. The van der Waals surface area contributed by atoms with Gasteiger partial charge in [0.25, 0.3) is 0 Å². The van der Waals surface area contributed by atoms with E-state index in [0.717, 1.165) is 10.2 Å². The van der Waals surface area contributed by atoms with E-state index < -0.39 is 0 Å². The first-order valence-electron chi connectivity index (χ1n) is 6.36. The summed E-state index contributed by atoms with van der Waals surface area (Å²) in [4.78, 5) is 16.0. The number of carbonyl (C=O) groups is 1. The highest BCUT2D eigenvalue weighted by molar-refractivity contribution is 7.22. The molecule has 0 atom stereocenters. The molecule has 0 fully saturated rings. The Morgan fingerprint density at radius 3 is 2.95 bits per heavy atom. The van der Waals surface area contributed by atoms with Crippen molar-refractivity contribution in [2.75, 3.05) is 11.2 Å². The second-order valence-electron chi connectivity index (χ2n) is 4.74. The number of nitrogens with zero attached hydrogens (tertiary/aromatic N) is 1. The van der Waals surface area contributed by atoms with Crippen molar-refractivity contribution in [1.29, 1.82) is 0 Å². The van der Waals surface area contributed by atoms with Gasteiger partial charge in [0.15, 0.2) is 5.13 Å². The number of benzene rings is 1. The number of halogens is 1. The van der Waals surface area contributed by atoms with Crippen LogP contribution in [-0.4, -0.2) is 16.8 Å². The van der Waals surface area contributed by atoms with Crippen LogP contribution in [0.15, 0.2) is 18.2 Å². The number of rotatable bonds is 5. The number of alkyl halides is 1. The molecule has 0 saturated heterocycles. The summed E-state index contributed by atoms with van der Waals surface area (Å²) >= 11 is 7.08. The number of fused-ring (bicyclic) bond motifs is 1. The van der Waals surface area contributed by atoms with E-state index >= 15 is 0 Å². The summed E-state index contributed by atoms with van der Waals surface area (Å²) < 4.78 is 1.11. The smallest absolute Gasteiger partial charge is 0.226 e. The number of hydrogen-bond acceptors (Lipinski definition) is 3. The van der Waals surface area contributed by atoms with Crippen LogP contribution in [0.5, 0.6) is 0 Å². The van der Waals surface area contributed by atoms with E-state index in [-0.39, 0.29) is 5.91 Å². The molecule has 0 radical (unpaired) electrons. The Balaban J connectivity index is 2.15. The van der Waals surface area contributed by atoms with Gasteiger partial charge in [-0.05, 0) is 30.0 Å². The average Bonchev–Trinajstić information content (AvgIpc) is 2.77. The Hall–Kier alpha value is -1.13. The topological polar surface area (TPSA) is 42.0 Å². The number of hydrogen-bond donors (Lipinski definition) is 1. The Morgan fingerprint density at radius 2 is 2.26 bits per heavy atom. The predicted octanol–water partition coefficient (Wildman–Crippen LogP) is 4.38. The van der Waals surface area contributed by atoms with Crippen LogP contribution in [0.2, 0.25) is 0 Å². The molecule has 1 N–H and O–H groups in total. The van der Waals surface area contributed by atoms with Crippen molar-refractivity contribution in [2.24, 2.45) is 0 Å². The summed E-state index contributed by atoms with van der Waals surface area (Å²) in [7, 11) is 0. The Bertz CT molecular complexity index is 580. The quantitative estimate of drug-likeness (QED) is 0.832. The summed E-state index contributed by atoms with van der Waals surface area (Å²) in [5, 5.41) is 3.49. The third-order valence-corrected chi connectivity index (χ3v) is 4.06. The second kappa shape index (κ2) is 6.35. The van der Waals surface area contributed by atoms with Crippen LogP contribution in [0.3, 0.4) is 0 Å². The van der Waals surface area contributed by atoms with Crippen molar-refractivity contribution in [3.05, 3.63) is 23.8 Å². The molecule has 1 heterocycles. The molecular weight excluding hydrogens is 280 g/mol. The number of nitrogens with one attached hydrogen (secondary N) is 1. The molecule has 1 amide bonds. The molecule has 19 heavy (non-hydrogen) atoms. The fraction of sp³-hybridized carbons (Fsp3) is 0.429. The van der Waals surface area contributed by atoms with Crippen molar-refractivity contribution in [1.82, 2.24) is 4.98 Å². The maximum absolute atomic E-state index is 11.6. The molecule has 0 aliphatic heterocycles. The van der Waals surface area contributed by atoms with Crippen LogP contribution in [0.1, 0.15) is 38.2 Å². The Morgan fingerprint density at radius 1 is 1.47 bits per heavy atom. The number of aromatic nitrogens is 1. The van der Waals surface area contributed by atoms with E-state index in [4.69, 9.17) is 11.6 Å². The van der Waals surface area contributed by atoms with Crippen LogP contribution in [0.4, 0.5) is 5.13 Å². The van der Waals surface area contributed by atoms with Crippen LogP contribution in [0, 0.1) is 0 Å². The number of carbonyl (C=O) groups excluding carboxylic acids is 1. The summed E-state index contributed by atoms with van der Waals surface area (Å²) in [6.07, 6.45) is 1.13. The lowest BCUT2D eigenvalue weighted by molar-refractivity contribution is -0.116. The largest absolute Gasteiger partial charge is 0.302 e. The van der Waals surface area contributed by atoms with Crippen LogP contribution in [0.25, 0.3) is 10.2 Å². The lowest BCUT2D eigenvalue weighted by atomic mass is 10.0. The third-order valence-electron chi connectivity index (χ3n) is 2.86. The molecule has 2 rings (SSSR count). The molecule has 0 unspecified atom stereocenters. The summed E-state index contributed by atoms with van der Waals surface area (Å²) in [5.41, 5.74) is 2.22. The van der Waals surface area contributed by atoms with Crippen molar-refractivity contribution < 1.29 is 4.79 Å². The van der Waals surface area contributed by atoms with Gasteiger partial charge in [-0.1, -0.05) is 31.3 Å². The van der Waals surface area contributed by atoms with Gasteiger partial charge in [-0.2, -0.15) is 0 Å². The minimum Gasteiger partial charge on any atom is -0.302 e. The van der Waals surface area contributed by atoms with E-state index in [1.165, 1.54) is 16.9 Å². The van der Waals surface area contributed by atoms with Crippen LogP contribution in [-0.2, 0) is 4.79 Å². The molecule has 0 bridgehead atoms. The standard InChI is InChI=1S/C14H17ClN2OS/c1-9(2)10-5-6-11-12(8-10)19-14(16-11)17-13(18)4-3-7-15/h5-6,8-9H,3-4,7H2,1-2H3,(H,16,17,18). The zero-order valence-electron chi connectivity index (χ0n) is 11.1. The van der Waals surface area contributed by atoms with E-state index in [1.54, 1.807) is 0 Å². The van der Waals surface area contributed by atoms with Gasteiger partial charge >= 0.3 is 0 Å². The molecule has 0 spiro atoms.